The van der Waals surface area contributed by atoms with E-state index in [-0.39, 0.29) is 0 Å². The minimum atomic E-state index is 0.438. The van der Waals surface area contributed by atoms with Crippen LogP contribution in [0.2, 0.25) is 0 Å². The Balaban J connectivity index is 1.34. The summed E-state index contributed by atoms with van der Waals surface area (Å²) in [5, 5.41) is 0. The van der Waals surface area contributed by atoms with E-state index in [0.29, 0.717) is 12.1 Å². The maximum absolute atomic E-state index is 6.16. The van der Waals surface area contributed by atoms with Crippen LogP contribution in [0, 0.1) is 11.8 Å². The fourth-order valence-electron chi connectivity index (χ4n) is 5.32. The summed E-state index contributed by atoms with van der Waals surface area (Å²) < 4.78 is 6.16. The highest BCUT2D eigenvalue weighted by Crippen LogP contribution is 2.42. The average molecular weight is 342 g/mol. The summed E-state index contributed by atoms with van der Waals surface area (Å²) in [4.78, 5) is 12.4. The van der Waals surface area contributed by atoms with E-state index in [4.69, 9.17) is 9.72 Å². The predicted octanol–water partition coefficient (Wildman–Crippen LogP) is 2.61. The second-order valence-electron chi connectivity index (χ2n) is 8.62. The number of rotatable bonds is 2. The normalized spacial score (nSPS) is 31.7. The lowest BCUT2D eigenvalue weighted by atomic mass is 10.0. The van der Waals surface area contributed by atoms with Crippen molar-refractivity contribution in [2.24, 2.45) is 11.8 Å². The third-order valence-corrected chi connectivity index (χ3v) is 6.86. The Morgan fingerprint density at radius 1 is 1.12 bits per heavy atom. The van der Waals surface area contributed by atoms with E-state index in [2.05, 4.69) is 40.8 Å². The van der Waals surface area contributed by atoms with Crippen molar-refractivity contribution in [3.63, 3.8) is 0 Å². The third kappa shape index (κ3) is 2.67. The molecule has 3 fully saturated rings. The first-order chi connectivity index (χ1) is 12.2. The molecule has 2 saturated heterocycles. The summed E-state index contributed by atoms with van der Waals surface area (Å²) in [5.41, 5.74) is 1.26. The number of hydrogen-bond donors (Lipinski definition) is 0. The lowest BCUT2D eigenvalue weighted by Crippen LogP contribution is -2.58. The molecule has 5 nitrogen and oxygen atoms in total. The zero-order chi connectivity index (χ0) is 17.0. The fourth-order valence-corrected chi connectivity index (χ4v) is 5.32. The summed E-state index contributed by atoms with van der Waals surface area (Å²) in [6.45, 7) is 11.0. The van der Waals surface area contributed by atoms with Gasteiger partial charge in [-0.2, -0.15) is 0 Å². The standard InChI is InChI=1S/C20H30N4O/c1-14(2)22-6-7-24-18(12-22)13-25-19-8-17(9-21-20(19)24)23-10-15-4-3-5-16(15)11-23/h8-9,14-16,18H,3-7,10-13H2,1-2H3/t15?,16?,18-/m1/s1. The topological polar surface area (TPSA) is 31.8 Å². The van der Waals surface area contributed by atoms with Crippen LogP contribution in [0.5, 0.6) is 5.75 Å². The van der Waals surface area contributed by atoms with Crippen molar-refractivity contribution >= 4 is 11.5 Å². The highest BCUT2D eigenvalue weighted by Gasteiger charge is 2.38. The van der Waals surface area contributed by atoms with Gasteiger partial charge < -0.3 is 14.5 Å². The van der Waals surface area contributed by atoms with Gasteiger partial charge in [-0.05, 0) is 38.5 Å². The SMILES string of the molecule is CC(C)N1CCN2c3ncc(N4CC5CCCC5C4)cc3OC[C@H]2C1. The first-order valence-electron chi connectivity index (χ1n) is 10.1. The van der Waals surface area contributed by atoms with E-state index < -0.39 is 0 Å². The Morgan fingerprint density at radius 3 is 2.68 bits per heavy atom. The van der Waals surface area contributed by atoms with Gasteiger partial charge in [-0.25, -0.2) is 4.98 Å². The van der Waals surface area contributed by atoms with E-state index >= 15 is 0 Å². The van der Waals surface area contributed by atoms with Crippen LogP contribution in [-0.4, -0.2) is 61.3 Å². The molecule has 4 aliphatic rings. The predicted molar refractivity (Wildman–Crippen MR) is 101 cm³/mol. The molecule has 3 atom stereocenters. The van der Waals surface area contributed by atoms with Crippen LogP contribution in [0.25, 0.3) is 0 Å². The molecule has 3 aliphatic heterocycles. The van der Waals surface area contributed by atoms with Crippen molar-refractivity contribution in [2.75, 3.05) is 49.1 Å². The molecule has 1 saturated carbocycles. The van der Waals surface area contributed by atoms with Crippen molar-refractivity contribution in [3.8, 4) is 5.75 Å². The van der Waals surface area contributed by atoms with Gasteiger partial charge in [-0.3, -0.25) is 4.90 Å². The monoisotopic (exact) mass is 342 g/mol. The molecule has 4 heterocycles. The van der Waals surface area contributed by atoms with Crippen molar-refractivity contribution in [1.29, 1.82) is 0 Å². The van der Waals surface area contributed by atoms with Crippen LogP contribution in [-0.2, 0) is 0 Å². The van der Waals surface area contributed by atoms with Crippen LogP contribution in [0.15, 0.2) is 12.3 Å². The highest BCUT2D eigenvalue weighted by molar-refractivity contribution is 5.62. The first-order valence-corrected chi connectivity index (χ1v) is 10.1. The maximum Gasteiger partial charge on any atom is 0.171 e. The van der Waals surface area contributed by atoms with Gasteiger partial charge in [0.15, 0.2) is 11.6 Å². The molecule has 0 aromatic carbocycles. The van der Waals surface area contributed by atoms with Crippen molar-refractivity contribution in [1.82, 2.24) is 9.88 Å². The molecule has 5 heteroatoms. The number of ether oxygens (including phenoxy) is 1. The lowest BCUT2D eigenvalue weighted by molar-refractivity contribution is 0.140. The second-order valence-corrected chi connectivity index (χ2v) is 8.62. The van der Waals surface area contributed by atoms with E-state index in [9.17, 15) is 0 Å². The summed E-state index contributed by atoms with van der Waals surface area (Å²) in [7, 11) is 0. The average Bonchev–Trinajstić information content (AvgIpc) is 3.22. The molecule has 1 aromatic rings. The number of hydrogen-bond acceptors (Lipinski definition) is 5. The molecule has 136 valence electrons. The van der Waals surface area contributed by atoms with Crippen LogP contribution >= 0.6 is 0 Å². The lowest BCUT2D eigenvalue weighted by Gasteiger charge is -2.46. The van der Waals surface area contributed by atoms with E-state index in [1.54, 1.807) is 0 Å². The van der Waals surface area contributed by atoms with Crippen LogP contribution in [0.4, 0.5) is 11.5 Å². The molecule has 0 N–H and O–H groups in total. The third-order valence-electron chi connectivity index (χ3n) is 6.86. The van der Waals surface area contributed by atoms with Gasteiger partial charge in [0.1, 0.15) is 6.61 Å². The van der Waals surface area contributed by atoms with Crippen molar-refractivity contribution in [2.45, 2.75) is 45.2 Å². The molecule has 0 radical (unpaired) electrons. The molecule has 0 bridgehead atoms. The second kappa shape index (κ2) is 6.04. The molecule has 25 heavy (non-hydrogen) atoms. The quantitative estimate of drug-likeness (QED) is 0.825. The molecular weight excluding hydrogens is 312 g/mol. The van der Waals surface area contributed by atoms with Gasteiger partial charge >= 0.3 is 0 Å². The minimum Gasteiger partial charge on any atom is -0.487 e. The van der Waals surface area contributed by atoms with Gasteiger partial charge in [0, 0.05) is 44.8 Å². The van der Waals surface area contributed by atoms with E-state index in [1.165, 1.54) is 38.0 Å². The Hall–Kier alpha value is -1.49. The van der Waals surface area contributed by atoms with Crippen LogP contribution in [0.1, 0.15) is 33.1 Å². The van der Waals surface area contributed by atoms with Gasteiger partial charge in [0.2, 0.25) is 0 Å². The Labute approximate surface area is 150 Å². The minimum absolute atomic E-state index is 0.438. The first kappa shape index (κ1) is 15.7. The summed E-state index contributed by atoms with van der Waals surface area (Å²) in [6, 6.07) is 3.29. The van der Waals surface area contributed by atoms with Gasteiger partial charge in [-0.1, -0.05) is 6.42 Å². The molecule has 2 unspecified atom stereocenters. The molecule has 0 spiro atoms. The summed E-state index contributed by atoms with van der Waals surface area (Å²) in [5.74, 6) is 3.86. The molecule has 5 rings (SSSR count). The maximum atomic E-state index is 6.16. The van der Waals surface area contributed by atoms with E-state index in [1.807, 2.05) is 0 Å². The zero-order valence-corrected chi connectivity index (χ0v) is 15.5. The highest BCUT2D eigenvalue weighted by atomic mass is 16.5. The number of piperazine rings is 1. The Bertz CT molecular complexity index is 637. The van der Waals surface area contributed by atoms with Gasteiger partial charge in [0.05, 0.1) is 17.9 Å². The van der Waals surface area contributed by atoms with Gasteiger partial charge in [0.25, 0.3) is 0 Å². The molecular formula is C20H30N4O. The Morgan fingerprint density at radius 2 is 1.92 bits per heavy atom. The molecule has 1 aromatic heterocycles. The van der Waals surface area contributed by atoms with Gasteiger partial charge in [-0.15, -0.1) is 0 Å². The fraction of sp³-hybridized carbons (Fsp3) is 0.750. The number of anilines is 2. The number of aromatic nitrogens is 1. The summed E-state index contributed by atoms with van der Waals surface area (Å²) >= 11 is 0. The van der Waals surface area contributed by atoms with E-state index in [0.717, 1.165) is 49.6 Å². The summed E-state index contributed by atoms with van der Waals surface area (Å²) in [6.07, 6.45) is 6.34. The van der Waals surface area contributed by atoms with Crippen LogP contribution in [0.3, 0.4) is 0 Å². The van der Waals surface area contributed by atoms with Crippen molar-refractivity contribution < 1.29 is 4.74 Å². The largest absolute Gasteiger partial charge is 0.487 e. The van der Waals surface area contributed by atoms with Crippen molar-refractivity contribution in [3.05, 3.63) is 12.3 Å². The number of fused-ring (bicyclic) bond motifs is 4. The molecule has 0 amide bonds. The molecule has 1 aliphatic carbocycles. The Kier molecular flexibility index (Phi) is 3.81. The van der Waals surface area contributed by atoms with Crippen LogP contribution < -0.4 is 14.5 Å². The number of nitrogens with zero attached hydrogens (tertiary/aromatic N) is 4. The zero-order valence-electron chi connectivity index (χ0n) is 15.5. The number of pyridine rings is 1. The smallest absolute Gasteiger partial charge is 0.171 e.